The van der Waals surface area contributed by atoms with Crippen LogP contribution in [0.2, 0.25) is 0 Å². The van der Waals surface area contributed by atoms with Crippen LogP contribution in [0.3, 0.4) is 0 Å². The summed E-state index contributed by atoms with van der Waals surface area (Å²) in [5, 5.41) is 10.8. The van der Waals surface area contributed by atoms with E-state index in [1.807, 2.05) is 6.92 Å². The smallest absolute Gasteiger partial charge is 0.0748 e. The molecule has 1 aliphatic heterocycles. The number of hydrogen-bond donors (Lipinski definition) is 2. The van der Waals surface area contributed by atoms with Gasteiger partial charge < -0.3 is 5.32 Å². The minimum absolute atomic E-state index is 0.270. The van der Waals surface area contributed by atoms with Gasteiger partial charge in [-0.1, -0.05) is 24.3 Å². The highest BCUT2D eigenvalue weighted by Gasteiger charge is 2.21. The van der Waals surface area contributed by atoms with Gasteiger partial charge in [-0.2, -0.15) is 5.10 Å². The second-order valence-corrected chi connectivity index (χ2v) is 4.30. The van der Waals surface area contributed by atoms with Crippen molar-refractivity contribution in [2.45, 2.75) is 19.4 Å². The first-order valence-electron chi connectivity index (χ1n) is 5.68. The molecule has 2 heterocycles. The van der Waals surface area contributed by atoms with Gasteiger partial charge in [0.05, 0.1) is 17.4 Å². The maximum absolute atomic E-state index is 4.20. The number of H-pyrrole nitrogens is 1. The molecule has 1 aliphatic rings. The van der Waals surface area contributed by atoms with Gasteiger partial charge in [-0.05, 0) is 30.5 Å². The van der Waals surface area contributed by atoms with Crippen molar-refractivity contribution >= 4 is 0 Å². The number of aryl methyl sites for hydroxylation is 1. The van der Waals surface area contributed by atoms with E-state index in [2.05, 4.69) is 45.8 Å². The van der Waals surface area contributed by atoms with Gasteiger partial charge in [-0.3, -0.25) is 5.10 Å². The number of hydrogen-bond acceptors (Lipinski definition) is 2. The van der Waals surface area contributed by atoms with Crippen molar-refractivity contribution in [2.75, 3.05) is 6.54 Å². The third kappa shape index (κ3) is 1.53. The lowest BCUT2D eigenvalue weighted by Crippen LogP contribution is -2.30. The summed E-state index contributed by atoms with van der Waals surface area (Å²) in [5.74, 6) is 0. The van der Waals surface area contributed by atoms with Gasteiger partial charge in [0.15, 0.2) is 0 Å². The Kier molecular flexibility index (Phi) is 2.26. The van der Waals surface area contributed by atoms with Crippen LogP contribution in [-0.2, 0) is 6.42 Å². The minimum Gasteiger partial charge on any atom is -0.305 e. The Morgan fingerprint density at radius 3 is 3.00 bits per heavy atom. The van der Waals surface area contributed by atoms with E-state index >= 15 is 0 Å². The SMILES string of the molecule is Cc1cc(C2NCCc3ccccc32)[nH]n1. The number of aromatic nitrogens is 2. The summed E-state index contributed by atoms with van der Waals surface area (Å²) in [6.07, 6.45) is 1.11. The van der Waals surface area contributed by atoms with Crippen LogP contribution in [0.4, 0.5) is 0 Å². The lowest BCUT2D eigenvalue weighted by Gasteiger charge is -2.25. The molecule has 16 heavy (non-hydrogen) atoms. The van der Waals surface area contributed by atoms with E-state index in [0.717, 1.165) is 24.4 Å². The Bertz CT molecular complexity index is 501. The van der Waals surface area contributed by atoms with Gasteiger partial charge in [0.2, 0.25) is 0 Å². The van der Waals surface area contributed by atoms with E-state index in [1.165, 1.54) is 11.1 Å². The molecule has 0 amide bonds. The highest BCUT2D eigenvalue weighted by molar-refractivity contribution is 5.37. The summed E-state index contributed by atoms with van der Waals surface area (Å²) in [7, 11) is 0. The average Bonchev–Trinajstić information content (AvgIpc) is 2.75. The fourth-order valence-electron chi connectivity index (χ4n) is 2.37. The number of fused-ring (bicyclic) bond motifs is 1. The average molecular weight is 213 g/mol. The monoisotopic (exact) mass is 213 g/mol. The molecule has 0 saturated heterocycles. The molecule has 0 spiro atoms. The number of nitrogens with zero attached hydrogens (tertiary/aromatic N) is 1. The van der Waals surface area contributed by atoms with Crippen LogP contribution in [-0.4, -0.2) is 16.7 Å². The summed E-state index contributed by atoms with van der Waals surface area (Å²) in [4.78, 5) is 0. The van der Waals surface area contributed by atoms with Crippen LogP contribution in [0.5, 0.6) is 0 Å². The van der Waals surface area contributed by atoms with Gasteiger partial charge >= 0.3 is 0 Å². The molecule has 0 saturated carbocycles. The van der Waals surface area contributed by atoms with E-state index in [-0.39, 0.29) is 6.04 Å². The van der Waals surface area contributed by atoms with E-state index in [1.54, 1.807) is 0 Å². The second-order valence-electron chi connectivity index (χ2n) is 4.30. The fourth-order valence-corrected chi connectivity index (χ4v) is 2.37. The molecular weight excluding hydrogens is 198 g/mol. The Morgan fingerprint density at radius 1 is 1.31 bits per heavy atom. The molecule has 1 unspecified atom stereocenters. The zero-order chi connectivity index (χ0) is 11.0. The van der Waals surface area contributed by atoms with E-state index in [4.69, 9.17) is 0 Å². The quantitative estimate of drug-likeness (QED) is 0.760. The molecule has 0 fully saturated rings. The number of aromatic amines is 1. The molecule has 1 aromatic carbocycles. The van der Waals surface area contributed by atoms with Crippen molar-refractivity contribution in [3.05, 3.63) is 52.8 Å². The fraction of sp³-hybridized carbons (Fsp3) is 0.308. The maximum Gasteiger partial charge on any atom is 0.0748 e. The van der Waals surface area contributed by atoms with Gasteiger partial charge in [0, 0.05) is 6.54 Å². The molecule has 3 heteroatoms. The summed E-state index contributed by atoms with van der Waals surface area (Å²) in [6, 6.07) is 11.0. The van der Waals surface area contributed by atoms with Crippen molar-refractivity contribution in [3.8, 4) is 0 Å². The number of rotatable bonds is 1. The molecule has 2 aromatic rings. The van der Waals surface area contributed by atoms with Crippen molar-refractivity contribution in [1.82, 2.24) is 15.5 Å². The van der Waals surface area contributed by atoms with Crippen molar-refractivity contribution in [1.29, 1.82) is 0 Å². The zero-order valence-corrected chi connectivity index (χ0v) is 9.33. The minimum atomic E-state index is 0.270. The molecule has 1 aromatic heterocycles. The molecule has 2 N–H and O–H groups in total. The third-order valence-electron chi connectivity index (χ3n) is 3.15. The predicted molar refractivity (Wildman–Crippen MR) is 63.3 cm³/mol. The molecule has 0 aliphatic carbocycles. The lowest BCUT2D eigenvalue weighted by atomic mass is 9.92. The molecule has 3 rings (SSSR count). The van der Waals surface area contributed by atoms with Crippen LogP contribution in [0.25, 0.3) is 0 Å². The molecule has 3 nitrogen and oxygen atoms in total. The largest absolute Gasteiger partial charge is 0.305 e. The number of nitrogens with one attached hydrogen (secondary N) is 2. The highest BCUT2D eigenvalue weighted by Crippen LogP contribution is 2.27. The Hall–Kier alpha value is -1.61. The van der Waals surface area contributed by atoms with Crippen LogP contribution in [0, 0.1) is 6.92 Å². The molecule has 1 atom stereocenters. The molecular formula is C13H15N3. The zero-order valence-electron chi connectivity index (χ0n) is 9.33. The summed E-state index contributed by atoms with van der Waals surface area (Å²) in [5.41, 5.74) is 5.01. The first kappa shape index (κ1) is 9.60. The van der Waals surface area contributed by atoms with E-state index in [9.17, 15) is 0 Å². The Morgan fingerprint density at radius 2 is 2.19 bits per heavy atom. The first-order valence-corrected chi connectivity index (χ1v) is 5.68. The van der Waals surface area contributed by atoms with E-state index < -0.39 is 0 Å². The van der Waals surface area contributed by atoms with Gasteiger partial charge in [-0.25, -0.2) is 0 Å². The maximum atomic E-state index is 4.20. The topological polar surface area (TPSA) is 40.7 Å². The third-order valence-corrected chi connectivity index (χ3v) is 3.15. The lowest BCUT2D eigenvalue weighted by molar-refractivity contribution is 0.556. The summed E-state index contributed by atoms with van der Waals surface area (Å²) < 4.78 is 0. The normalized spacial score (nSPS) is 19.4. The Labute approximate surface area is 94.9 Å². The first-order chi connectivity index (χ1) is 7.84. The molecule has 0 bridgehead atoms. The molecule has 82 valence electrons. The van der Waals surface area contributed by atoms with Gasteiger partial charge in [0.25, 0.3) is 0 Å². The van der Waals surface area contributed by atoms with Crippen LogP contribution < -0.4 is 5.32 Å². The second kappa shape index (κ2) is 3.76. The highest BCUT2D eigenvalue weighted by atomic mass is 15.1. The predicted octanol–water partition coefficient (Wildman–Crippen LogP) is 1.95. The van der Waals surface area contributed by atoms with Crippen LogP contribution in [0.1, 0.15) is 28.6 Å². The number of benzene rings is 1. The summed E-state index contributed by atoms with van der Waals surface area (Å²) >= 11 is 0. The van der Waals surface area contributed by atoms with E-state index in [0.29, 0.717) is 0 Å². The van der Waals surface area contributed by atoms with Crippen molar-refractivity contribution in [2.24, 2.45) is 0 Å². The van der Waals surface area contributed by atoms with Gasteiger partial charge in [0.1, 0.15) is 0 Å². The van der Waals surface area contributed by atoms with Gasteiger partial charge in [-0.15, -0.1) is 0 Å². The molecule has 0 radical (unpaired) electrons. The summed E-state index contributed by atoms with van der Waals surface area (Å²) in [6.45, 7) is 3.04. The standard InChI is InChI=1S/C13H15N3/c1-9-8-12(16-15-9)13-11-5-3-2-4-10(11)6-7-14-13/h2-5,8,13-14H,6-7H2,1H3,(H,15,16). The van der Waals surface area contributed by atoms with Crippen LogP contribution >= 0.6 is 0 Å². The van der Waals surface area contributed by atoms with Crippen LogP contribution in [0.15, 0.2) is 30.3 Å². The van der Waals surface area contributed by atoms with Crippen molar-refractivity contribution in [3.63, 3.8) is 0 Å². The van der Waals surface area contributed by atoms with Crippen molar-refractivity contribution < 1.29 is 0 Å². The Balaban J connectivity index is 2.04.